The Morgan fingerprint density at radius 1 is 1.11 bits per heavy atom. The van der Waals surface area contributed by atoms with Crippen molar-refractivity contribution in [2.24, 2.45) is 5.11 Å². The molecule has 0 aromatic heterocycles. The molecule has 1 amide bonds. The van der Waals surface area contributed by atoms with Crippen molar-refractivity contribution in [1.82, 2.24) is 5.32 Å². The predicted molar refractivity (Wildman–Crippen MR) is 133 cm³/mol. The first-order valence-electron chi connectivity index (χ1n) is 11.3. The molecule has 2 aromatic carbocycles. The third kappa shape index (κ3) is 9.73. The highest BCUT2D eigenvalue weighted by molar-refractivity contribution is 7.86. The summed E-state index contributed by atoms with van der Waals surface area (Å²) in [6, 6.07) is 11.0. The van der Waals surface area contributed by atoms with Gasteiger partial charge in [-0.15, -0.1) is 0 Å². The van der Waals surface area contributed by atoms with E-state index in [1.165, 1.54) is 50.4 Å². The number of carbonyl (C=O) groups excluding carboxylic acids is 3. The maximum Gasteiger partial charge on any atom is 0.307 e. The molecular weight excluding hydrogens is 520 g/mol. The van der Waals surface area contributed by atoms with Crippen molar-refractivity contribution in [3.63, 3.8) is 0 Å². The third-order valence-corrected chi connectivity index (χ3v) is 6.20. The van der Waals surface area contributed by atoms with E-state index in [0.717, 1.165) is 5.56 Å². The monoisotopic (exact) mass is 548 g/mol. The molecule has 1 N–H and O–H groups in total. The maximum absolute atomic E-state index is 12.5. The first-order valence-corrected chi connectivity index (χ1v) is 12.7. The number of ether oxygens (including phenoxy) is 3. The Kier molecular flexibility index (Phi) is 11.5. The molecule has 14 heteroatoms. The summed E-state index contributed by atoms with van der Waals surface area (Å²) in [6.07, 6.45) is -1.08. The molecule has 2 aromatic rings. The van der Waals surface area contributed by atoms with E-state index < -0.39 is 46.7 Å². The van der Waals surface area contributed by atoms with Gasteiger partial charge in [0.15, 0.2) is 6.10 Å². The second kappa shape index (κ2) is 14.6. The van der Waals surface area contributed by atoms with Gasteiger partial charge in [0.25, 0.3) is 10.1 Å². The molecule has 2 atom stereocenters. The average molecular weight is 549 g/mol. The van der Waals surface area contributed by atoms with Gasteiger partial charge in [0.2, 0.25) is 5.91 Å². The van der Waals surface area contributed by atoms with Crippen LogP contribution in [0.1, 0.15) is 30.5 Å². The van der Waals surface area contributed by atoms with Crippen LogP contribution in [0.2, 0.25) is 0 Å². The van der Waals surface area contributed by atoms with Crippen LogP contribution >= 0.6 is 0 Å². The molecule has 0 heterocycles. The minimum absolute atomic E-state index is 0.00333. The smallest absolute Gasteiger partial charge is 0.307 e. The van der Waals surface area contributed by atoms with Crippen molar-refractivity contribution < 1.29 is 41.2 Å². The van der Waals surface area contributed by atoms with E-state index in [9.17, 15) is 22.8 Å². The van der Waals surface area contributed by atoms with Crippen LogP contribution in [-0.2, 0) is 38.2 Å². The van der Waals surface area contributed by atoms with Crippen molar-refractivity contribution in [1.29, 1.82) is 0 Å². The van der Waals surface area contributed by atoms with Crippen molar-refractivity contribution in [3.8, 4) is 5.75 Å². The summed E-state index contributed by atoms with van der Waals surface area (Å²) in [5.41, 5.74) is 9.94. The van der Waals surface area contributed by atoms with Crippen molar-refractivity contribution in [3.05, 3.63) is 70.1 Å². The Morgan fingerprint density at radius 2 is 1.82 bits per heavy atom. The van der Waals surface area contributed by atoms with Crippen LogP contribution in [0.15, 0.2) is 58.5 Å². The number of esters is 2. The van der Waals surface area contributed by atoms with E-state index in [4.69, 9.17) is 19.2 Å². The molecule has 13 nitrogen and oxygen atoms in total. The van der Waals surface area contributed by atoms with Gasteiger partial charge in [0.05, 0.1) is 18.4 Å². The second-order valence-corrected chi connectivity index (χ2v) is 9.51. The van der Waals surface area contributed by atoms with Crippen LogP contribution < -0.4 is 10.1 Å². The Bertz CT molecular complexity index is 1280. The van der Waals surface area contributed by atoms with Crippen LogP contribution in [0.5, 0.6) is 5.75 Å². The molecule has 204 valence electrons. The van der Waals surface area contributed by atoms with Crippen LogP contribution in [0.3, 0.4) is 0 Å². The first-order chi connectivity index (χ1) is 18.1. The van der Waals surface area contributed by atoms with E-state index in [1.807, 2.05) is 0 Å². The Morgan fingerprint density at radius 3 is 2.42 bits per heavy atom. The lowest BCUT2D eigenvalue weighted by Gasteiger charge is -2.18. The van der Waals surface area contributed by atoms with E-state index in [-0.39, 0.29) is 24.5 Å². The Balaban J connectivity index is 2.01. The van der Waals surface area contributed by atoms with Gasteiger partial charge < -0.3 is 19.5 Å². The molecule has 0 radical (unpaired) electrons. The molecule has 0 saturated heterocycles. The number of hydrogen-bond donors (Lipinski definition) is 1. The Labute approximate surface area is 219 Å². The lowest BCUT2D eigenvalue weighted by molar-refractivity contribution is -0.149. The number of azide groups is 1. The van der Waals surface area contributed by atoms with Gasteiger partial charge >= 0.3 is 11.9 Å². The third-order valence-electron chi connectivity index (χ3n) is 4.92. The van der Waals surface area contributed by atoms with E-state index >= 15 is 0 Å². The normalized spacial score (nSPS) is 12.4. The fourth-order valence-electron chi connectivity index (χ4n) is 3.10. The second-order valence-electron chi connectivity index (χ2n) is 7.89. The lowest BCUT2D eigenvalue weighted by atomic mass is 10.1. The van der Waals surface area contributed by atoms with Gasteiger partial charge in [-0.2, -0.15) is 8.42 Å². The van der Waals surface area contributed by atoms with Crippen molar-refractivity contribution in [2.45, 2.75) is 37.3 Å². The maximum atomic E-state index is 12.5. The number of methoxy groups -OCH3 is 1. The molecule has 2 rings (SSSR count). The van der Waals surface area contributed by atoms with Crippen molar-refractivity contribution in [2.75, 3.05) is 26.9 Å². The molecule has 38 heavy (non-hydrogen) atoms. The molecule has 2 unspecified atom stereocenters. The summed E-state index contributed by atoms with van der Waals surface area (Å²) >= 11 is 0. The van der Waals surface area contributed by atoms with Gasteiger partial charge in [0, 0.05) is 18.4 Å². The van der Waals surface area contributed by atoms with Crippen LogP contribution in [-0.4, -0.2) is 59.2 Å². The van der Waals surface area contributed by atoms with Crippen molar-refractivity contribution >= 4 is 28.0 Å². The van der Waals surface area contributed by atoms with Crippen LogP contribution in [0.4, 0.5) is 0 Å². The number of carbonyl (C=O) groups is 3. The fraction of sp³-hybridized carbons (Fsp3) is 0.375. The zero-order valence-electron chi connectivity index (χ0n) is 21.0. The fourth-order valence-corrected chi connectivity index (χ4v) is 4.14. The summed E-state index contributed by atoms with van der Waals surface area (Å²) in [7, 11) is -2.86. The van der Waals surface area contributed by atoms with Gasteiger partial charge in [0.1, 0.15) is 25.0 Å². The van der Waals surface area contributed by atoms with Gasteiger partial charge in [-0.3, -0.25) is 18.6 Å². The quantitative estimate of drug-likeness (QED) is 0.122. The highest BCUT2D eigenvalue weighted by Crippen LogP contribution is 2.22. The summed E-state index contributed by atoms with van der Waals surface area (Å²) in [5.74, 6) is -1.46. The molecule has 0 aliphatic rings. The number of amides is 1. The highest BCUT2D eigenvalue weighted by atomic mass is 32.2. The largest absolute Gasteiger partial charge is 0.490 e. The zero-order valence-corrected chi connectivity index (χ0v) is 21.8. The summed E-state index contributed by atoms with van der Waals surface area (Å²) < 4.78 is 45.3. The summed E-state index contributed by atoms with van der Waals surface area (Å²) in [4.78, 5) is 37.8. The lowest BCUT2D eigenvalue weighted by Crippen LogP contribution is -2.30. The van der Waals surface area contributed by atoms with Crippen LogP contribution in [0, 0.1) is 6.92 Å². The zero-order chi connectivity index (χ0) is 28.1. The Hall–Kier alpha value is -4.13. The van der Waals surface area contributed by atoms with E-state index in [2.05, 4.69) is 20.1 Å². The first kappa shape index (κ1) is 30.1. The molecule has 0 saturated carbocycles. The SMILES string of the molecule is COC(=O)CCNC(=O)C(N=[N+]=[N-])c1ccc(OCC(COS(=O)(=O)c2cccc(C)c2)OC(C)=O)cc1. The number of nitrogens with zero attached hydrogens (tertiary/aromatic N) is 3. The molecule has 0 fully saturated rings. The molecule has 0 spiro atoms. The topological polar surface area (TPSA) is 183 Å². The number of aryl methyl sites for hydroxylation is 1. The van der Waals surface area contributed by atoms with Gasteiger partial charge in [-0.05, 0) is 47.8 Å². The minimum atomic E-state index is -4.09. The van der Waals surface area contributed by atoms with Gasteiger partial charge in [-0.25, -0.2) is 0 Å². The average Bonchev–Trinajstić information content (AvgIpc) is 2.88. The minimum Gasteiger partial charge on any atom is -0.490 e. The standard InChI is InChI=1S/C24H28N4O9S/c1-16-5-4-6-21(13-16)38(32,33)36-15-20(37-17(2)29)14-35-19-9-7-18(8-10-19)23(27-28-25)24(31)26-12-11-22(30)34-3/h4-10,13,20,23H,11-12,14-15H2,1-3H3,(H,26,31). The molecular formula is C24H28N4O9S. The summed E-state index contributed by atoms with van der Waals surface area (Å²) in [5, 5.41) is 6.00. The summed E-state index contributed by atoms with van der Waals surface area (Å²) in [6.45, 7) is 2.22. The van der Waals surface area contributed by atoms with Gasteiger partial charge in [-0.1, -0.05) is 29.4 Å². The van der Waals surface area contributed by atoms with E-state index in [0.29, 0.717) is 11.3 Å². The molecule has 0 aliphatic carbocycles. The van der Waals surface area contributed by atoms with Crippen LogP contribution in [0.25, 0.3) is 10.4 Å². The van der Waals surface area contributed by atoms with E-state index in [1.54, 1.807) is 19.1 Å². The number of rotatable bonds is 14. The highest BCUT2D eigenvalue weighted by Gasteiger charge is 2.22. The predicted octanol–water partition coefficient (Wildman–Crippen LogP) is 2.74. The number of benzene rings is 2. The number of hydrogen-bond acceptors (Lipinski definition) is 10. The number of nitrogens with one attached hydrogen (secondary N) is 1. The molecule has 0 aliphatic heterocycles. The molecule has 0 bridgehead atoms.